The Bertz CT molecular complexity index is 417. The zero-order valence-corrected chi connectivity index (χ0v) is 12.7. The van der Waals surface area contributed by atoms with E-state index >= 15 is 0 Å². The highest BCUT2D eigenvalue weighted by Crippen LogP contribution is 2.08. The molecule has 4 N–H and O–H groups in total. The fraction of sp³-hybridized carbons (Fsp3) is 0.500. The number of hydrogen-bond donors (Lipinski definition) is 4. The molecule has 0 radical (unpaired) electrons. The summed E-state index contributed by atoms with van der Waals surface area (Å²) in [6, 6.07) is 5.48. The third-order valence-electron chi connectivity index (χ3n) is 2.97. The summed E-state index contributed by atoms with van der Waals surface area (Å²) in [6.07, 6.45) is 4.40. The van der Waals surface area contributed by atoms with E-state index in [4.69, 9.17) is 15.3 Å². The summed E-state index contributed by atoms with van der Waals surface area (Å²) in [6.45, 7) is 2.31. The Hall–Kier alpha value is -1.92. The Morgan fingerprint density at radius 1 is 1.00 bits per heavy atom. The van der Waals surface area contributed by atoms with E-state index in [2.05, 4.69) is 6.92 Å². The lowest BCUT2D eigenvalue weighted by atomic mass is 10.1. The fourth-order valence-electron chi connectivity index (χ4n) is 1.77. The number of carboxylic acid groups (broad SMARTS) is 2. The molecule has 1 rings (SSSR count). The number of hydrogen-bond acceptors (Lipinski definition) is 4. The molecule has 1 atom stereocenters. The Kier molecular flexibility index (Phi) is 10.7. The molecule has 0 bridgehead atoms. The molecule has 1 aromatic carbocycles. The van der Waals surface area contributed by atoms with Crippen LogP contribution in [-0.4, -0.2) is 45.1 Å². The number of benzene rings is 1. The minimum absolute atomic E-state index is 0.188. The predicted molar refractivity (Wildman–Crippen MR) is 82.2 cm³/mol. The molecular formula is C16H24O6. The molecule has 1 aromatic rings. The van der Waals surface area contributed by atoms with Crippen LogP contribution < -0.4 is 0 Å². The van der Waals surface area contributed by atoms with Gasteiger partial charge in [-0.1, -0.05) is 31.9 Å². The molecule has 0 aliphatic heterocycles. The number of aromatic carboxylic acids is 2. The average Bonchev–Trinajstić information content (AvgIpc) is 2.51. The summed E-state index contributed by atoms with van der Waals surface area (Å²) in [7, 11) is 0. The lowest BCUT2D eigenvalue weighted by Gasteiger charge is -2.07. The summed E-state index contributed by atoms with van der Waals surface area (Å²) in [5, 5.41) is 34.7. The molecule has 22 heavy (non-hydrogen) atoms. The first-order valence-electron chi connectivity index (χ1n) is 7.28. The number of rotatable bonds is 8. The van der Waals surface area contributed by atoms with Crippen LogP contribution >= 0.6 is 0 Å². The highest BCUT2D eigenvalue weighted by molar-refractivity contribution is 6.01. The van der Waals surface area contributed by atoms with Crippen molar-refractivity contribution in [3.63, 3.8) is 0 Å². The third-order valence-corrected chi connectivity index (χ3v) is 2.97. The van der Waals surface area contributed by atoms with Gasteiger partial charge in [-0.15, -0.1) is 0 Å². The number of aliphatic hydroxyl groups excluding tert-OH is 2. The van der Waals surface area contributed by atoms with Gasteiger partial charge >= 0.3 is 11.9 Å². The second-order valence-electron chi connectivity index (χ2n) is 4.82. The van der Waals surface area contributed by atoms with Crippen molar-refractivity contribution in [3.05, 3.63) is 35.4 Å². The van der Waals surface area contributed by atoms with Gasteiger partial charge in [-0.3, -0.25) is 0 Å². The molecule has 0 fully saturated rings. The van der Waals surface area contributed by atoms with E-state index in [0.717, 1.165) is 32.1 Å². The molecule has 6 nitrogen and oxygen atoms in total. The average molecular weight is 312 g/mol. The second-order valence-corrected chi connectivity index (χ2v) is 4.82. The van der Waals surface area contributed by atoms with E-state index < -0.39 is 11.9 Å². The lowest BCUT2D eigenvalue weighted by Crippen LogP contribution is -2.06. The van der Waals surface area contributed by atoms with Gasteiger partial charge in [0.1, 0.15) is 0 Å². The van der Waals surface area contributed by atoms with Crippen LogP contribution in [0.5, 0.6) is 0 Å². The molecule has 6 heteroatoms. The van der Waals surface area contributed by atoms with Crippen LogP contribution in [0, 0.1) is 0 Å². The second kappa shape index (κ2) is 11.7. The predicted octanol–water partition coefficient (Wildman–Crippen LogP) is 2.39. The number of carbonyl (C=O) groups is 2. The Morgan fingerprint density at radius 3 is 1.82 bits per heavy atom. The highest BCUT2D eigenvalue weighted by Gasteiger charge is 2.13. The smallest absolute Gasteiger partial charge is 0.336 e. The molecule has 0 aliphatic carbocycles. The summed E-state index contributed by atoms with van der Waals surface area (Å²) < 4.78 is 0. The van der Waals surface area contributed by atoms with Gasteiger partial charge in [0.15, 0.2) is 0 Å². The van der Waals surface area contributed by atoms with Crippen molar-refractivity contribution in [1.29, 1.82) is 0 Å². The number of carboxylic acids is 2. The summed E-state index contributed by atoms with van der Waals surface area (Å²) >= 11 is 0. The van der Waals surface area contributed by atoms with Crippen LogP contribution in [0.15, 0.2) is 24.3 Å². The Morgan fingerprint density at radius 2 is 1.45 bits per heavy atom. The topological polar surface area (TPSA) is 115 Å². The largest absolute Gasteiger partial charge is 0.478 e. The molecule has 0 aliphatic rings. The van der Waals surface area contributed by atoms with Crippen molar-refractivity contribution in [2.75, 3.05) is 6.61 Å². The molecule has 0 amide bonds. The van der Waals surface area contributed by atoms with E-state index in [1.165, 1.54) is 24.3 Å². The standard InChI is InChI=1S/C8H6O4.C8H18O2/c9-7(10)5-3-1-2-4-6(5)8(11)12;1-2-3-5-8(10)6-4-7-9/h1-4H,(H,9,10)(H,11,12);8-10H,2-7H2,1H3. The van der Waals surface area contributed by atoms with Gasteiger partial charge in [0.05, 0.1) is 17.2 Å². The summed E-state index contributed by atoms with van der Waals surface area (Å²) in [5.41, 5.74) is -0.380. The SMILES string of the molecule is CCCCC(O)CCCO.O=C(O)c1ccccc1C(=O)O. The molecule has 0 saturated heterocycles. The van der Waals surface area contributed by atoms with Crippen LogP contribution in [0.1, 0.15) is 59.7 Å². The van der Waals surface area contributed by atoms with Gasteiger partial charge in [0.2, 0.25) is 0 Å². The van der Waals surface area contributed by atoms with E-state index in [0.29, 0.717) is 0 Å². The van der Waals surface area contributed by atoms with Crippen LogP contribution in [-0.2, 0) is 0 Å². The van der Waals surface area contributed by atoms with Crippen molar-refractivity contribution in [3.8, 4) is 0 Å². The van der Waals surface area contributed by atoms with Crippen molar-refractivity contribution < 1.29 is 30.0 Å². The van der Waals surface area contributed by atoms with Gasteiger partial charge in [-0.25, -0.2) is 9.59 Å². The molecule has 0 saturated carbocycles. The summed E-state index contributed by atoms with van der Waals surface area (Å²) in [4.78, 5) is 20.9. The fourth-order valence-corrected chi connectivity index (χ4v) is 1.77. The highest BCUT2D eigenvalue weighted by atomic mass is 16.4. The van der Waals surface area contributed by atoms with E-state index in [9.17, 15) is 14.7 Å². The van der Waals surface area contributed by atoms with Crippen LogP contribution in [0.2, 0.25) is 0 Å². The normalized spacial score (nSPS) is 11.2. The maximum Gasteiger partial charge on any atom is 0.336 e. The first-order valence-corrected chi connectivity index (χ1v) is 7.28. The third kappa shape index (κ3) is 8.39. The van der Waals surface area contributed by atoms with Crippen LogP contribution in [0.4, 0.5) is 0 Å². The summed E-state index contributed by atoms with van der Waals surface area (Å²) in [5.74, 6) is -2.46. The molecule has 0 aromatic heterocycles. The maximum absolute atomic E-state index is 10.5. The zero-order chi connectivity index (χ0) is 17.0. The maximum atomic E-state index is 10.5. The number of unbranched alkanes of at least 4 members (excludes halogenated alkanes) is 1. The lowest BCUT2D eigenvalue weighted by molar-refractivity contribution is 0.0651. The van der Waals surface area contributed by atoms with E-state index in [-0.39, 0.29) is 23.8 Å². The molecular weight excluding hydrogens is 288 g/mol. The van der Waals surface area contributed by atoms with E-state index in [1.807, 2.05) is 0 Å². The minimum Gasteiger partial charge on any atom is -0.478 e. The molecule has 0 spiro atoms. The quantitative estimate of drug-likeness (QED) is 0.586. The van der Waals surface area contributed by atoms with Crippen molar-refractivity contribution >= 4 is 11.9 Å². The Labute approximate surface area is 130 Å². The number of aliphatic hydroxyl groups is 2. The van der Waals surface area contributed by atoms with Crippen molar-refractivity contribution in [1.82, 2.24) is 0 Å². The van der Waals surface area contributed by atoms with Gasteiger partial charge in [0, 0.05) is 6.61 Å². The van der Waals surface area contributed by atoms with Gasteiger partial charge < -0.3 is 20.4 Å². The van der Waals surface area contributed by atoms with Crippen molar-refractivity contribution in [2.24, 2.45) is 0 Å². The zero-order valence-electron chi connectivity index (χ0n) is 12.7. The van der Waals surface area contributed by atoms with Crippen LogP contribution in [0.3, 0.4) is 0 Å². The monoisotopic (exact) mass is 312 g/mol. The first kappa shape index (κ1) is 20.1. The van der Waals surface area contributed by atoms with Crippen molar-refractivity contribution in [2.45, 2.75) is 45.1 Å². The molecule has 1 unspecified atom stereocenters. The van der Waals surface area contributed by atoms with Gasteiger partial charge in [-0.05, 0) is 31.4 Å². The first-order chi connectivity index (χ1) is 10.4. The van der Waals surface area contributed by atoms with Gasteiger partial charge in [0.25, 0.3) is 0 Å². The Balaban J connectivity index is 0.000000409. The van der Waals surface area contributed by atoms with E-state index in [1.54, 1.807) is 0 Å². The van der Waals surface area contributed by atoms with Crippen LogP contribution in [0.25, 0.3) is 0 Å². The molecule has 124 valence electrons. The van der Waals surface area contributed by atoms with Gasteiger partial charge in [-0.2, -0.15) is 0 Å². The minimum atomic E-state index is -1.23. The molecule has 0 heterocycles.